The average molecular weight is 329 g/mol. The molecule has 0 bridgehead atoms. The van der Waals surface area contributed by atoms with Crippen LogP contribution in [0.2, 0.25) is 0 Å². The third-order valence-electron chi connectivity index (χ3n) is 3.53. The van der Waals surface area contributed by atoms with E-state index in [1.165, 1.54) is 0 Å². The molecule has 0 atom stereocenters. The third-order valence-corrected chi connectivity index (χ3v) is 3.53. The molecular formula is C19H23NO4. The first-order chi connectivity index (χ1) is 11.7. The summed E-state index contributed by atoms with van der Waals surface area (Å²) in [5.74, 6) is 2.21. The smallest absolute Gasteiger partial charge is 0.164 e. The molecule has 0 aliphatic rings. The maximum absolute atomic E-state index is 12.1. The highest BCUT2D eigenvalue weighted by molar-refractivity contribution is 5.96. The van der Waals surface area contributed by atoms with E-state index in [4.69, 9.17) is 14.2 Å². The molecule has 2 aromatic carbocycles. The first kappa shape index (κ1) is 17.8. The number of Topliss-reactive ketones (excluding diaryl/α,β-unsaturated/α-hetero) is 1. The second-order valence-electron chi connectivity index (χ2n) is 5.15. The van der Waals surface area contributed by atoms with Crippen LogP contribution in [0.3, 0.4) is 0 Å². The fourth-order valence-electron chi connectivity index (χ4n) is 2.24. The van der Waals surface area contributed by atoms with Gasteiger partial charge in [0.25, 0.3) is 0 Å². The Kier molecular flexibility index (Phi) is 7.11. The zero-order valence-electron chi connectivity index (χ0n) is 14.1. The summed E-state index contributed by atoms with van der Waals surface area (Å²) in [6.07, 6.45) is 0.432. The van der Waals surface area contributed by atoms with Gasteiger partial charge in [-0.05, 0) is 24.3 Å². The maximum Gasteiger partial charge on any atom is 0.164 e. The second-order valence-corrected chi connectivity index (χ2v) is 5.15. The van der Waals surface area contributed by atoms with E-state index in [0.717, 1.165) is 0 Å². The van der Waals surface area contributed by atoms with Gasteiger partial charge in [0.05, 0.1) is 14.2 Å². The summed E-state index contributed by atoms with van der Waals surface area (Å²) < 4.78 is 16.0. The van der Waals surface area contributed by atoms with E-state index in [1.54, 1.807) is 26.4 Å². The number of carbonyl (C=O) groups excluding carboxylic acids is 1. The monoisotopic (exact) mass is 329 g/mol. The standard InChI is InChI=1S/C19H23NO4/c1-22-16-7-5-6-15(14-16)17(21)10-11-20-12-13-24-19-9-4-3-8-18(19)23-2/h3-9,14,20H,10-13H2,1-2H3. The molecule has 24 heavy (non-hydrogen) atoms. The summed E-state index contributed by atoms with van der Waals surface area (Å²) >= 11 is 0. The number of hydrogen-bond acceptors (Lipinski definition) is 5. The number of ketones is 1. The van der Waals surface area contributed by atoms with Crippen LogP contribution in [0.15, 0.2) is 48.5 Å². The molecule has 5 heteroatoms. The van der Waals surface area contributed by atoms with Crippen LogP contribution in [-0.2, 0) is 0 Å². The van der Waals surface area contributed by atoms with Gasteiger partial charge >= 0.3 is 0 Å². The van der Waals surface area contributed by atoms with Crippen LogP contribution in [0.1, 0.15) is 16.8 Å². The third kappa shape index (κ3) is 5.28. The van der Waals surface area contributed by atoms with Crippen LogP contribution >= 0.6 is 0 Å². The number of para-hydroxylation sites is 2. The molecule has 0 heterocycles. The minimum absolute atomic E-state index is 0.0899. The number of nitrogens with one attached hydrogen (secondary N) is 1. The van der Waals surface area contributed by atoms with Crippen molar-refractivity contribution in [1.29, 1.82) is 0 Å². The fourth-order valence-corrected chi connectivity index (χ4v) is 2.24. The van der Waals surface area contributed by atoms with E-state index in [1.807, 2.05) is 36.4 Å². The zero-order chi connectivity index (χ0) is 17.2. The van der Waals surface area contributed by atoms with E-state index < -0.39 is 0 Å². The van der Waals surface area contributed by atoms with Crippen molar-refractivity contribution in [3.63, 3.8) is 0 Å². The van der Waals surface area contributed by atoms with Crippen LogP contribution in [0.5, 0.6) is 17.2 Å². The van der Waals surface area contributed by atoms with Crippen molar-refractivity contribution < 1.29 is 19.0 Å². The number of hydrogen-bond donors (Lipinski definition) is 1. The number of rotatable bonds is 10. The highest BCUT2D eigenvalue weighted by Gasteiger charge is 2.06. The average Bonchev–Trinajstić information content (AvgIpc) is 2.64. The van der Waals surface area contributed by atoms with E-state index >= 15 is 0 Å². The van der Waals surface area contributed by atoms with Gasteiger partial charge in [0.15, 0.2) is 17.3 Å². The zero-order valence-corrected chi connectivity index (χ0v) is 14.1. The molecule has 0 saturated carbocycles. The van der Waals surface area contributed by atoms with Crippen molar-refractivity contribution >= 4 is 5.78 Å². The van der Waals surface area contributed by atoms with Crippen molar-refractivity contribution in [1.82, 2.24) is 5.32 Å². The molecule has 0 aliphatic carbocycles. The van der Waals surface area contributed by atoms with Crippen LogP contribution < -0.4 is 19.5 Å². The van der Waals surface area contributed by atoms with Crippen LogP contribution in [-0.4, -0.2) is 39.7 Å². The number of methoxy groups -OCH3 is 2. The van der Waals surface area contributed by atoms with Crippen molar-refractivity contribution in [2.75, 3.05) is 33.9 Å². The Bertz CT molecular complexity index is 657. The lowest BCUT2D eigenvalue weighted by Gasteiger charge is -2.10. The van der Waals surface area contributed by atoms with Gasteiger partial charge in [-0.2, -0.15) is 0 Å². The maximum atomic E-state index is 12.1. The highest BCUT2D eigenvalue weighted by Crippen LogP contribution is 2.25. The molecule has 0 unspecified atom stereocenters. The van der Waals surface area contributed by atoms with E-state index in [-0.39, 0.29) is 5.78 Å². The van der Waals surface area contributed by atoms with Crippen LogP contribution in [0, 0.1) is 0 Å². The normalized spacial score (nSPS) is 10.2. The summed E-state index contributed by atoms with van der Waals surface area (Å²) in [6, 6.07) is 14.7. The number of carbonyl (C=O) groups is 1. The van der Waals surface area contributed by atoms with Crippen LogP contribution in [0.25, 0.3) is 0 Å². The van der Waals surface area contributed by atoms with Gasteiger partial charge < -0.3 is 19.5 Å². The molecule has 0 saturated heterocycles. The lowest BCUT2D eigenvalue weighted by atomic mass is 10.1. The Labute approximate surface area is 142 Å². The molecule has 0 amide bonds. The summed E-state index contributed by atoms with van der Waals surface area (Å²) in [7, 11) is 3.21. The largest absolute Gasteiger partial charge is 0.497 e. The van der Waals surface area contributed by atoms with Gasteiger partial charge in [-0.25, -0.2) is 0 Å². The first-order valence-electron chi connectivity index (χ1n) is 7.88. The molecule has 2 rings (SSSR count). The minimum Gasteiger partial charge on any atom is -0.497 e. The lowest BCUT2D eigenvalue weighted by molar-refractivity contribution is 0.0982. The molecule has 128 valence electrons. The Morgan fingerprint density at radius 3 is 2.50 bits per heavy atom. The topological polar surface area (TPSA) is 56.8 Å². The van der Waals surface area contributed by atoms with Crippen molar-refractivity contribution in [2.24, 2.45) is 0 Å². The summed E-state index contributed by atoms with van der Waals surface area (Å²) in [4.78, 5) is 12.1. The van der Waals surface area contributed by atoms with Gasteiger partial charge in [0.1, 0.15) is 12.4 Å². The van der Waals surface area contributed by atoms with E-state index in [0.29, 0.717) is 48.9 Å². The molecule has 0 spiro atoms. The molecule has 5 nitrogen and oxygen atoms in total. The fraction of sp³-hybridized carbons (Fsp3) is 0.316. The van der Waals surface area contributed by atoms with Crippen molar-refractivity contribution in [2.45, 2.75) is 6.42 Å². The molecule has 0 aromatic heterocycles. The Balaban J connectivity index is 1.67. The summed E-state index contributed by atoms with van der Waals surface area (Å²) in [5.41, 5.74) is 0.668. The first-order valence-corrected chi connectivity index (χ1v) is 7.88. The molecule has 0 aliphatic heterocycles. The minimum atomic E-state index is 0.0899. The van der Waals surface area contributed by atoms with Gasteiger partial charge in [-0.3, -0.25) is 4.79 Å². The molecular weight excluding hydrogens is 306 g/mol. The quantitative estimate of drug-likeness (QED) is 0.536. The molecule has 0 radical (unpaired) electrons. The SMILES string of the molecule is COc1cccc(C(=O)CCNCCOc2ccccc2OC)c1. The van der Waals surface area contributed by atoms with E-state index in [9.17, 15) is 4.79 Å². The highest BCUT2D eigenvalue weighted by atomic mass is 16.5. The Hall–Kier alpha value is -2.53. The van der Waals surface area contributed by atoms with Crippen molar-refractivity contribution in [3.05, 3.63) is 54.1 Å². The van der Waals surface area contributed by atoms with E-state index in [2.05, 4.69) is 5.32 Å². The predicted octanol–water partition coefficient (Wildman–Crippen LogP) is 2.95. The van der Waals surface area contributed by atoms with Crippen molar-refractivity contribution in [3.8, 4) is 17.2 Å². The molecule has 2 aromatic rings. The number of ether oxygens (including phenoxy) is 3. The molecule has 1 N–H and O–H groups in total. The molecule has 0 fully saturated rings. The van der Waals surface area contributed by atoms with Gasteiger partial charge in [-0.1, -0.05) is 24.3 Å². The number of benzene rings is 2. The second kappa shape index (κ2) is 9.57. The van der Waals surface area contributed by atoms with Gasteiger partial charge in [0, 0.05) is 25.1 Å². The predicted molar refractivity (Wildman–Crippen MR) is 93.3 cm³/mol. The summed E-state index contributed by atoms with van der Waals surface area (Å²) in [5, 5.41) is 3.20. The van der Waals surface area contributed by atoms with Crippen LogP contribution in [0.4, 0.5) is 0 Å². The summed E-state index contributed by atoms with van der Waals surface area (Å²) in [6.45, 7) is 1.77. The Morgan fingerprint density at radius 1 is 0.958 bits per heavy atom. The Morgan fingerprint density at radius 2 is 1.75 bits per heavy atom. The van der Waals surface area contributed by atoms with Gasteiger partial charge in [0.2, 0.25) is 0 Å². The van der Waals surface area contributed by atoms with Gasteiger partial charge in [-0.15, -0.1) is 0 Å². The lowest BCUT2D eigenvalue weighted by Crippen LogP contribution is -2.24.